The number of nitro groups is 1. The summed E-state index contributed by atoms with van der Waals surface area (Å²) < 4.78 is 51.9. The van der Waals surface area contributed by atoms with Crippen LogP contribution in [-0.4, -0.2) is 45.6 Å². The van der Waals surface area contributed by atoms with Crippen molar-refractivity contribution in [1.29, 1.82) is 0 Å². The van der Waals surface area contributed by atoms with E-state index in [-0.39, 0.29) is 47.0 Å². The van der Waals surface area contributed by atoms with Gasteiger partial charge in [0.15, 0.2) is 23.1 Å². The van der Waals surface area contributed by atoms with E-state index in [1.54, 1.807) is 24.0 Å². The molecule has 0 bridgehead atoms. The first kappa shape index (κ1) is 35.1. The Balaban J connectivity index is 1.72. The Morgan fingerprint density at radius 1 is 1.00 bits per heavy atom. The van der Waals surface area contributed by atoms with E-state index in [0.717, 1.165) is 6.07 Å². The highest BCUT2D eigenvalue weighted by Crippen LogP contribution is 2.56. The van der Waals surface area contributed by atoms with Crippen LogP contribution in [0, 0.1) is 20.9 Å². The number of ether oxygens (including phenoxy) is 2. The summed E-state index contributed by atoms with van der Waals surface area (Å²) >= 11 is 3.44. The minimum Gasteiger partial charge on any atom is -0.490 e. The lowest BCUT2D eigenvalue weighted by Crippen LogP contribution is -2.45. The molecule has 14 heteroatoms. The van der Waals surface area contributed by atoms with Crippen molar-refractivity contribution in [3.05, 3.63) is 78.6 Å². The zero-order valence-corrected chi connectivity index (χ0v) is 28.5. The van der Waals surface area contributed by atoms with Crippen LogP contribution in [0.4, 0.5) is 18.9 Å². The minimum atomic E-state index is -4.82. The lowest BCUT2D eigenvalue weighted by Gasteiger charge is -2.48. The van der Waals surface area contributed by atoms with Gasteiger partial charge in [0.25, 0.3) is 0 Å². The summed E-state index contributed by atoms with van der Waals surface area (Å²) in [5.74, 6) is -2.91. The fraction of sp³-hybridized carbons (Fsp3) is 0.441. The van der Waals surface area contributed by atoms with Crippen LogP contribution in [0.1, 0.15) is 77.3 Å². The number of carboxylic acids is 1. The van der Waals surface area contributed by atoms with Gasteiger partial charge in [-0.25, -0.2) is 0 Å². The fourth-order valence-electron chi connectivity index (χ4n) is 6.86. The van der Waals surface area contributed by atoms with Crippen LogP contribution >= 0.6 is 15.9 Å². The molecule has 5 rings (SSSR count). The Morgan fingerprint density at radius 3 is 2.04 bits per heavy atom. The Labute approximate surface area is 282 Å². The van der Waals surface area contributed by atoms with Gasteiger partial charge in [-0.3, -0.25) is 24.5 Å². The molecule has 0 saturated heterocycles. The number of ketones is 2. The minimum absolute atomic E-state index is 0.0560. The largest absolute Gasteiger partial charge is 0.490 e. The molecule has 2 aromatic carbocycles. The van der Waals surface area contributed by atoms with Crippen LogP contribution in [0.3, 0.4) is 0 Å². The maximum atomic E-state index is 14.0. The van der Waals surface area contributed by atoms with Crippen molar-refractivity contribution in [2.75, 3.05) is 13.2 Å². The smallest absolute Gasteiger partial charge is 0.416 e. The van der Waals surface area contributed by atoms with Gasteiger partial charge in [-0.2, -0.15) is 13.2 Å². The molecule has 3 aliphatic rings. The average Bonchev–Trinajstić information content (AvgIpc) is 2.93. The number of rotatable bonds is 8. The number of hydrogen-bond acceptors (Lipinski definition) is 8. The molecule has 1 aliphatic heterocycles. The first-order valence-electron chi connectivity index (χ1n) is 15.2. The molecule has 0 saturated carbocycles. The van der Waals surface area contributed by atoms with E-state index in [0.29, 0.717) is 53.1 Å². The first-order valence-corrected chi connectivity index (χ1v) is 16.0. The van der Waals surface area contributed by atoms with Crippen molar-refractivity contribution < 1.29 is 47.1 Å². The number of aliphatic carboxylic acids is 1. The van der Waals surface area contributed by atoms with Gasteiger partial charge in [0.05, 0.1) is 21.6 Å². The number of nitro benzene ring substituents is 1. The highest BCUT2D eigenvalue weighted by molar-refractivity contribution is 9.10. The van der Waals surface area contributed by atoms with Gasteiger partial charge in [-0.1, -0.05) is 27.7 Å². The number of Topliss-reactive ketones (excluding diaryl/α,β-unsaturated/α-hetero) is 2. The summed E-state index contributed by atoms with van der Waals surface area (Å²) in [4.78, 5) is 52.5. The Morgan fingerprint density at radius 2 is 1.56 bits per heavy atom. The summed E-state index contributed by atoms with van der Waals surface area (Å²) in [6, 6.07) is 5.04. The number of carbonyl (C=O) groups is 3. The topological polar surface area (TPSA) is 136 Å². The number of benzene rings is 2. The second-order valence-electron chi connectivity index (χ2n) is 13.8. The van der Waals surface area contributed by atoms with Crippen molar-refractivity contribution in [2.45, 2.75) is 72.4 Å². The van der Waals surface area contributed by atoms with Crippen molar-refractivity contribution in [2.24, 2.45) is 10.8 Å². The van der Waals surface area contributed by atoms with E-state index in [1.165, 1.54) is 0 Å². The third-order valence-electron chi connectivity index (χ3n) is 8.68. The first-order chi connectivity index (χ1) is 22.2. The molecule has 10 nitrogen and oxygen atoms in total. The lowest BCUT2D eigenvalue weighted by molar-refractivity contribution is -0.385. The molecule has 0 radical (unpaired) electrons. The van der Waals surface area contributed by atoms with Gasteiger partial charge >= 0.3 is 17.8 Å². The Bertz CT molecular complexity index is 1760. The third-order valence-corrected chi connectivity index (χ3v) is 9.26. The highest BCUT2D eigenvalue weighted by Gasteiger charge is 2.49. The Hall–Kier alpha value is -4.20. The predicted molar refractivity (Wildman–Crippen MR) is 171 cm³/mol. The molecule has 48 heavy (non-hydrogen) atoms. The maximum absolute atomic E-state index is 14.0. The van der Waals surface area contributed by atoms with Crippen LogP contribution in [0.2, 0.25) is 0 Å². The number of carboxylic acid groups (broad SMARTS) is 1. The summed E-state index contributed by atoms with van der Waals surface area (Å²) in [5, 5.41) is 21.7. The maximum Gasteiger partial charge on any atom is 0.416 e. The van der Waals surface area contributed by atoms with Crippen LogP contribution in [-0.2, 0) is 20.6 Å². The SMILES string of the molecule is CCOc1cc(C2C3=C(CC(C)(C)CC3=O)N(CC(=O)O)C3=C2C(=O)CC(C)(C)C3)cc(Br)c1Oc1ccc(C(F)(F)F)cc1[N+](=O)[O-]. The zero-order chi connectivity index (χ0) is 35.5. The molecular formula is C34H34BrF3N2O8. The van der Waals surface area contributed by atoms with E-state index >= 15 is 0 Å². The monoisotopic (exact) mass is 734 g/mol. The summed E-state index contributed by atoms with van der Waals surface area (Å²) in [6.45, 7) is 9.07. The second kappa shape index (κ2) is 12.4. The number of hydrogen-bond donors (Lipinski definition) is 1. The van der Waals surface area contributed by atoms with Gasteiger partial charge < -0.3 is 19.5 Å². The molecular weight excluding hydrogens is 701 g/mol. The van der Waals surface area contributed by atoms with Gasteiger partial charge in [0.1, 0.15) is 6.54 Å². The predicted octanol–water partition coefficient (Wildman–Crippen LogP) is 8.34. The molecule has 0 amide bonds. The number of allylic oxidation sites excluding steroid dienone is 4. The molecule has 2 aromatic rings. The number of halogens is 4. The van der Waals surface area contributed by atoms with Crippen molar-refractivity contribution in [1.82, 2.24) is 4.90 Å². The summed E-state index contributed by atoms with van der Waals surface area (Å²) in [6.07, 6.45) is -3.70. The zero-order valence-electron chi connectivity index (χ0n) is 26.9. The van der Waals surface area contributed by atoms with Gasteiger partial charge in [-0.05, 0) is 76.4 Å². The molecule has 0 spiro atoms. The highest BCUT2D eigenvalue weighted by atomic mass is 79.9. The molecule has 1 heterocycles. The molecule has 0 fully saturated rings. The Kier molecular flexibility index (Phi) is 9.04. The van der Waals surface area contributed by atoms with Crippen LogP contribution in [0.5, 0.6) is 17.2 Å². The molecule has 2 aliphatic carbocycles. The van der Waals surface area contributed by atoms with E-state index in [2.05, 4.69) is 15.9 Å². The number of nitrogens with zero attached hydrogens (tertiary/aromatic N) is 2. The summed E-state index contributed by atoms with van der Waals surface area (Å²) in [7, 11) is 0. The molecule has 0 atom stereocenters. The van der Waals surface area contributed by atoms with Crippen molar-refractivity contribution in [3.8, 4) is 17.2 Å². The normalized spacial score (nSPS) is 19.2. The molecule has 256 valence electrons. The van der Waals surface area contributed by atoms with E-state index in [1.807, 2.05) is 27.7 Å². The average molecular weight is 736 g/mol. The third kappa shape index (κ3) is 6.71. The molecule has 0 unspecified atom stereocenters. The van der Waals surface area contributed by atoms with E-state index < -0.39 is 57.4 Å². The second-order valence-corrected chi connectivity index (χ2v) is 14.7. The van der Waals surface area contributed by atoms with Crippen molar-refractivity contribution >= 4 is 39.2 Å². The van der Waals surface area contributed by atoms with E-state index in [4.69, 9.17) is 9.47 Å². The quantitative estimate of drug-likeness (QED) is 0.210. The number of carbonyl (C=O) groups excluding carboxylic acids is 2. The van der Waals surface area contributed by atoms with Gasteiger partial charge in [-0.15, -0.1) is 0 Å². The van der Waals surface area contributed by atoms with Crippen LogP contribution < -0.4 is 9.47 Å². The summed E-state index contributed by atoms with van der Waals surface area (Å²) in [5.41, 5.74) is -0.898. The van der Waals surface area contributed by atoms with Crippen LogP contribution in [0.25, 0.3) is 0 Å². The van der Waals surface area contributed by atoms with Gasteiger partial charge in [0, 0.05) is 47.4 Å². The lowest BCUT2D eigenvalue weighted by atomic mass is 9.63. The van der Waals surface area contributed by atoms with Crippen LogP contribution in [0.15, 0.2) is 57.3 Å². The van der Waals surface area contributed by atoms with Crippen molar-refractivity contribution in [3.63, 3.8) is 0 Å². The van der Waals surface area contributed by atoms with E-state index in [9.17, 15) is 42.8 Å². The van der Waals surface area contributed by atoms with Gasteiger partial charge in [0.2, 0.25) is 5.75 Å². The number of alkyl halides is 3. The standard InChI is InChI=1S/C34H34BrF3N2O8/c1-6-47-26-10-17(9-19(35)31(26)48-25-8-7-18(34(36,37)38)11-20(25)40(45)46)28-29-21(12-32(2,3)14-23(29)41)39(16-27(43)44)22-13-33(4,5)15-24(42)30(22)28/h7-11,28H,6,12-16H2,1-5H3,(H,43,44). The molecule has 0 aromatic heterocycles. The fourth-order valence-corrected chi connectivity index (χ4v) is 7.40. The molecule has 1 N–H and O–H groups in total.